The number of halogens is 1. The van der Waals surface area contributed by atoms with Crippen LogP contribution in [0.4, 0.5) is 5.69 Å². The molecule has 3 aromatic rings. The molecule has 0 radical (unpaired) electrons. The third-order valence-electron chi connectivity index (χ3n) is 5.28. The summed E-state index contributed by atoms with van der Waals surface area (Å²) in [6, 6.07) is 22.7. The summed E-state index contributed by atoms with van der Waals surface area (Å²) in [5, 5.41) is 0.491. The van der Waals surface area contributed by atoms with E-state index in [2.05, 4.69) is 12.1 Å². The molecule has 4 rings (SSSR count). The number of hydrogen-bond acceptors (Lipinski definition) is 4. The van der Waals surface area contributed by atoms with Crippen molar-refractivity contribution in [1.29, 1.82) is 0 Å². The number of carbonyl (C=O) groups is 2. The third-order valence-corrected chi connectivity index (χ3v) is 5.52. The van der Waals surface area contributed by atoms with Gasteiger partial charge in [-0.3, -0.25) is 9.59 Å². The molecule has 3 aromatic carbocycles. The van der Waals surface area contributed by atoms with Crippen LogP contribution in [0.5, 0.6) is 11.5 Å². The standard InChI is InChI=1S/C25H22ClNO4/c1-30-23-12-9-20(26)15-22(23)27-16-19(14-24(27)28)25(29)31-21-10-7-18(8-11-21)13-17-5-3-2-4-6-17/h2-12,15,19H,13-14,16H2,1H3/t19-/m0/s1. The SMILES string of the molecule is COc1ccc(Cl)cc1N1C[C@@H](C(=O)Oc2ccc(Cc3ccccc3)cc2)CC1=O. The number of methoxy groups -OCH3 is 1. The lowest BCUT2D eigenvalue weighted by atomic mass is 10.1. The van der Waals surface area contributed by atoms with E-state index < -0.39 is 11.9 Å². The molecule has 1 amide bonds. The number of rotatable bonds is 6. The number of hydrogen-bond donors (Lipinski definition) is 0. The fourth-order valence-electron chi connectivity index (χ4n) is 3.68. The highest BCUT2D eigenvalue weighted by Crippen LogP contribution is 2.35. The lowest BCUT2D eigenvalue weighted by Gasteiger charge is -2.19. The van der Waals surface area contributed by atoms with Crippen LogP contribution in [0.3, 0.4) is 0 Å². The molecule has 31 heavy (non-hydrogen) atoms. The Bertz CT molecular complexity index is 1080. The largest absolute Gasteiger partial charge is 0.495 e. The van der Waals surface area contributed by atoms with Gasteiger partial charge in [0.1, 0.15) is 11.5 Å². The number of benzene rings is 3. The van der Waals surface area contributed by atoms with Crippen LogP contribution in [0.1, 0.15) is 17.5 Å². The van der Waals surface area contributed by atoms with Crippen LogP contribution in [0.15, 0.2) is 72.8 Å². The highest BCUT2D eigenvalue weighted by Gasteiger charge is 2.37. The van der Waals surface area contributed by atoms with Crippen molar-refractivity contribution >= 4 is 29.2 Å². The van der Waals surface area contributed by atoms with Gasteiger partial charge in [0.25, 0.3) is 0 Å². The zero-order valence-corrected chi connectivity index (χ0v) is 17.8. The monoisotopic (exact) mass is 435 g/mol. The first-order chi connectivity index (χ1) is 15.0. The molecule has 6 heteroatoms. The predicted octanol–water partition coefficient (Wildman–Crippen LogP) is 4.90. The molecule has 1 aliphatic heterocycles. The Balaban J connectivity index is 1.40. The van der Waals surface area contributed by atoms with E-state index in [1.54, 1.807) is 30.3 Å². The molecule has 1 heterocycles. The van der Waals surface area contributed by atoms with E-state index in [0.29, 0.717) is 22.2 Å². The van der Waals surface area contributed by atoms with E-state index in [-0.39, 0.29) is 18.9 Å². The number of anilines is 1. The normalized spacial score (nSPS) is 15.7. The lowest BCUT2D eigenvalue weighted by molar-refractivity contribution is -0.139. The number of carbonyl (C=O) groups excluding carboxylic acids is 2. The number of ether oxygens (including phenoxy) is 2. The van der Waals surface area contributed by atoms with Gasteiger partial charge >= 0.3 is 5.97 Å². The fourth-order valence-corrected chi connectivity index (χ4v) is 3.85. The average Bonchev–Trinajstić information content (AvgIpc) is 3.17. The molecule has 0 unspecified atom stereocenters. The van der Waals surface area contributed by atoms with Crippen molar-refractivity contribution in [3.63, 3.8) is 0 Å². The topological polar surface area (TPSA) is 55.8 Å². The average molecular weight is 436 g/mol. The maximum Gasteiger partial charge on any atom is 0.316 e. The second-order valence-electron chi connectivity index (χ2n) is 7.45. The smallest absolute Gasteiger partial charge is 0.316 e. The van der Waals surface area contributed by atoms with Gasteiger partial charge in [0.15, 0.2) is 0 Å². The first kappa shape index (κ1) is 20.9. The Labute approximate surface area is 186 Å². The Morgan fingerprint density at radius 1 is 1.03 bits per heavy atom. The van der Waals surface area contributed by atoms with E-state index in [4.69, 9.17) is 21.1 Å². The van der Waals surface area contributed by atoms with Crippen LogP contribution in [-0.2, 0) is 16.0 Å². The molecule has 1 atom stereocenters. The van der Waals surface area contributed by atoms with Crippen molar-refractivity contribution in [1.82, 2.24) is 0 Å². The molecule has 0 spiro atoms. The summed E-state index contributed by atoms with van der Waals surface area (Å²) in [7, 11) is 1.53. The third kappa shape index (κ3) is 4.89. The van der Waals surface area contributed by atoms with Gasteiger partial charge in [0, 0.05) is 18.0 Å². The summed E-state index contributed by atoms with van der Waals surface area (Å²) in [6.07, 6.45) is 0.892. The fraction of sp³-hybridized carbons (Fsp3) is 0.200. The molecule has 0 saturated carbocycles. The summed E-state index contributed by atoms with van der Waals surface area (Å²) < 4.78 is 10.9. The zero-order chi connectivity index (χ0) is 21.8. The maximum absolute atomic E-state index is 12.7. The molecule has 0 aromatic heterocycles. The molecule has 0 bridgehead atoms. The minimum atomic E-state index is -0.555. The van der Waals surface area contributed by atoms with E-state index in [1.165, 1.54) is 17.6 Å². The molecule has 158 valence electrons. The lowest BCUT2D eigenvalue weighted by Crippen LogP contribution is -2.27. The molecule has 1 fully saturated rings. The molecular formula is C25H22ClNO4. The van der Waals surface area contributed by atoms with Crippen LogP contribution in [0.2, 0.25) is 5.02 Å². The summed E-state index contributed by atoms with van der Waals surface area (Å²) in [5.74, 6) is -0.151. The molecule has 1 saturated heterocycles. The molecule has 0 N–H and O–H groups in total. The van der Waals surface area contributed by atoms with Crippen molar-refractivity contribution in [3.8, 4) is 11.5 Å². The minimum absolute atomic E-state index is 0.0839. The second-order valence-corrected chi connectivity index (χ2v) is 7.89. The quantitative estimate of drug-likeness (QED) is 0.408. The summed E-state index contributed by atoms with van der Waals surface area (Å²) in [6.45, 7) is 0.223. The Morgan fingerprint density at radius 3 is 2.45 bits per heavy atom. The van der Waals surface area contributed by atoms with Crippen molar-refractivity contribution in [3.05, 3.63) is 88.9 Å². The number of esters is 1. The van der Waals surface area contributed by atoms with Crippen molar-refractivity contribution < 1.29 is 19.1 Å². The van der Waals surface area contributed by atoms with Crippen LogP contribution in [0.25, 0.3) is 0 Å². The molecule has 1 aliphatic rings. The van der Waals surface area contributed by atoms with Crippen molar-refractivity contribution in [2.45, 2.75) is 12.8 Å². The Kier molecular flexibility index (Phi) is 6.23. The summed E-state index contributed by atoms with van der Waals surface area (Å²) >= 11 is 6.08. The van der Waals surface area contributed by atoms with Gasteiger partial charge < -0.3 is 14.4 Å². The van der Waals surface area contributed by atoms with E-state index >= 15 is 0 Å². The van der Waals surface area contributed by atoms with Gasteiger partial charge in [-0.25, -0.2) is 0 Å². The second kappa shape index (κ2) is 9.23. The Hall–Kier alpha value is -3.31. The first-order valence-electron chi connectivity index (χ1n) is 10.0. The van der Waals surface area contributed by atoms with Crippen molar-refractivity contribution in [2.24, 2.45) is 5.92 Å². The van der Waals surface area contributed by atoms with Gasteiger partial charge in [-0.2, -0.15) is 0 Å². The minimum Gasteiger partial charge on any atom is -0.495 e. The van der Waals surface area contributed by atoms with Gasteiger partial charge in [0.05, 0.1) is 18.7 Å². The first-order valence-corrected chi connectivity index (χ1v) is 10.4. The van der Waals surface area contributed by atoms with Crippen LogP contribution in [0, 0.1) is 5.92 Å². The van der Waals surface area contributed by atoms with Gasteiger partial charge in [0.2, 0.25) is 5.91 Å². The van der Waals surface area contributed by atoms with E-state index in [0.717, 1.165) is 12.0 Å². The van der Waals surface area contributed by atoms with Crippen molar-refractivity contribution in [2.75, 3.05) is 18.6 Å². The maximum atomic E-state index is 12.7. The van der Waals surface area contributed by atoms with Crippen LogP contribution < -0.4 is 14.4 Å². The molecule has 0 aliphatic carbocycles. The Morgan fingerprint density at radius 2 is 1.74 bits per heavy atom. The van der Waals surface area contributed by atoms with Crippen LogP contribution >= 0.6 is 11.6 Å². The number of nitrogens with zero attached hydrogens (tertiary/aromatic N) is 1. The van der Waals surface area contributed by atoms with Gasteiger partial charge in [-0.15, -0.1) is 0 Å². The van der Waals surface area contributed by atoms with E-state index in [1.807, 2.05) is 30.3 Å². The van der Waals surface area contributed by atoms with Crippen LogP contribution in [-0.4, -0.2) is 25.5 Å². The molecule has 5 nitrogen and oxygen atoms in total. The highest BCUT2D eigenvalue weighted by atomic mass is 35.5. The van der Waals surface area contributed by atoms with Gasteiger partial charge in [-0.05, 0) is 47.9 Å². The zero-order valence-electron chi connectivity index (χ0n) is 17.1. The van der Waals surface area contributed by atoms with Gasteiger partial charge in [-0.1, -0.05) is 54.1 Å². The molecular weight excluding hydrogens is 414 g/mol. The summed E-state index contributed by atoms with van der Waals surface area (Å²) in [4.78, 5) is 26.8. The predicted molar refractivity (Wildman–Crippen MR) is 120 cm³/mol. The highest BCUT2D eigenvalue weighted by molar-refractivity contribution is 6.31. The van der Waals surface area contributed by atoms with E-state index in [9.17, 15) is 9.59 Å². The summed E-state index contributed by atoms with van der Waals surface area (Å²) in [5.41, 5.74) is 2.90. The number of amides is 1.